The molecule has 0 saturated heterocycles. The summed E-state index contributed by atoms with van der Waals surface area (Å²) in [6.45, 7) is 5.00. The molecule has 0 aromatic heterocycles. The van der Waals surface area contributed by atoms with Crippen molar-refractivity contribution in [2.45, 2.75) is 13.1 Å². The van der Waals surface area contributed by atoms with Gasteiger partial charge >= 0.3 is 0 Å². The SMILES string of the molecule is [CH2]c1cccc(NC(=O)CN(Cc2ccc(O)cc2)Cc2cccc(C(=O)NN(C)C)c2)c1. The Labute approximate surface area is 194 Å². The molecule has 171 valence electrons. The summed E-state index contributed by atoms with van der Waals surface area (Å²) in [7, 11) is 3.51. The van der Waals surface area contributed by atoms with Gasteiger partial charge in [-0.05, 0) is 60.0 Å². The molecule has 0 spiro atoms. The molecular weight excluding hydrogens is 416 g/mol. The largest absolute Gasteiger partial charge is 0.508 e. The van der Waals surface area contributed by atoms with Gasteiger partial charge in [0, 0.05) is 38.4 Å². The van der Waals surface area contributed by atoms with Gasteiger partial charge in [0.2, 0.25) is 5.91 Å². The Morgan fingerprint density at radius 2 is 1.61 bits per heavy atom. The molecule has 0 atom stereocenters. The summed E-state index contributed by atoms with van der Waals surface area (Å²) in [5.41, 5.74) is 6.67. The second-order valence-corrected chi connectivity index (χ2v) is 8.10. The van der Waals surface area contributed by atoms with Gasteiger partial charge in [0.15, 0.2) is 0 Å². The van der Waals surface area contributed by atoms with E-state index < -0.39 is 0 Å². The number of carbonyl (C=O) groups is 2. The molecule has 0 aliphatic rings. The minimum Gasteiger partial charge on any atom is -0.508 e. The zero-order valence-corrected chi connectivity index (χ0v) is 18.9. The molecule has 1 radical (unpaired) electrons. The summed E-state index contributed by atoms with van der Waals surface area (Å²) in [6, 6.07) is 21.6. The second kappa shape index (κ2) is 11.3. The number of anilines is 1. The van der Waals surface area contributed by atoms with Crippen LogP contribution >= 0.6 is 0 Å². The molecule has 7 heteroatoms. The normalized spacial score (nSPS) is 10.9. The zero-order chi connectivity index (χ0) is 23.8. The van der Waals surface area contributed by atoms with E-state index in [1.165, 1.54) is 0 Å². The summed E-state index contributed by atoms with van der Waals surface area (Å²) in [5, 5.41) is 14.1. The van der Waals surface area contributed by atoms with Gasteiger partial charge in [-0.1, -0.05) is 36.4 Å². The molecule has 0 aliphatic carbocycles. The Kier molecular flexibility index (Phi) is 8.18. The average Bonchev–Trinajstić information content (AvgIpc) is 2.75. The van der Waals surface area contributed by atoms with Crippen molar-refractivity contribution in [1.82, 2.24) is 15.3 Å². The number of hydrogen-bond donors (Lipinski definition) is 3. The van der Waals surface area contributed by atoms with Crippen LogP contribution in [0.3, 0.4) is 0 Å². The molecule has 33 heavy (non-hydrogen) atoms. The lowest BCUT2D eigenvalue weighted by Crippen LogP contribution is -2.36. The lowest BCUT2D eigenvalue weighted by atomic mass is 10.1. The van der Waals surface area contributed by atoms with Gasteiger partial charge in [0.25, 0.3) is 5.91 Å². The van der Waals surface area contributed by atoms with Gasteiger partial charge < -0.3 is 10.4 Å². The van der Waals surface area contributed by atoms with Crippen LogP contribution in [0.4, 0.5) is 5.69 Å². The number of nitrogens with one attached hydrogen (secondary N) is 2. The maximum Gasteiger partial charge on any atom is 0.265 e. The Bertz CT molecular complexity index is 1100. The first-order valence-electron chi connectivity index (χ1n) is 10.6. The van der Waals surface area contributed by atoms with Crippen LogP contribution in [-0.4, -0.2) is 47.5 Å². The number of aromatic hydroxyl groups is 1. The van der Waals surface area contributed by atoms with E-state index in [2.05, 4.69) is 17.7 Å². The van der Waals surface area contributed by atoms with Crippen LogP contribution < -0.4 is 10.7 Å². The smallest absolute Gasteiger partial charge is 0.265 e. The van der Waals surface area contributed by atoms with E-state index in [1.807, 2.05) is 59.5 Å². The molecule has 3 aromatic carbocycles. The molecule has 0 aliphatic heterocycles. The Morgan fingerprint density at radius 1 is 0.909 bits per heavy atom. The molecule has 3 N–H and O–H groups in total. The van der Waals surface area contributed by atoms with Gasteiger partial charge in [-0.15, -0.1) is 0 Å². The van der Waals surface area contributed by atoms with Crippen LogP contribution in [0, 0.1) is 6.92 Å². The van der Waals surface area contributed by atoms with Crippen LogP contribution in [0.15, 0.2) is 72.8 Å². The third-order valence-corrected chi connectivity index (χ3v) is 4.84. The fraction of sp³-hybridized carbons (Fsp3) is 0.192. The van der Waals surface area contributed by atoms with E-state index in [0.29, 0.717) is 24.3 Å². The highest BCUT2D eigenvalue weighted by Gasteiger charge is 2.14. The monoisotopic (exact) mass is 445 g/mol. The van der Waals surface area contributed by atoms with Gasteiger partial charge in [-0.2, -0.15) is 0 Å². The number of nitrogens with zero attached hydrogens (tertiary/aromatic N) is 2. The van der Waals surface area contributed by atoms with Gasteiger partial charge in [-0.3, -0.25) is 19.9 Å². The maximum absolute atomic E-state index is 12.8. The van der Waals surface area contributed by atoms with Crippen molar-refractivity contribution in [3.63, 3.8) is 0 Å². The Morgan fingerprint density at radius 3 is 2.30 bits per heavy atom. The first-order valence-corrected chi connectivity index (χ1v) is 10.6. The van der Waals surface area contributed by atoms with E-state index in [-0.39, 0.29) is 24.1 Å². The van der Waals surface area contributed by atoms with Crippen molar-refractivity contribution in [1.29, 1.82) is 0 Å². The first kappa shape index (κ1) is 24.0. The summed E-state index contributed by atoms with van der Waals surface area (Å²) < 4.78 is 0. The number of hydrogen-bond acceptors (Lipinski definition) is 5. The molecule has 3 aromatic rings. The van der Waals surface area contributed by atoms with Crippen molar-refractivity contribution in [3.8, 4) is 5.75 Å². The van der Waals surface area contributed by atoms with Crippen LogP contribution in [0.1, 0.15) is 27.0 Å². The maximum atomic E-state index is 12.8. The average molecular weight is 446 g/mol. The van der Waals surface area contributed by atoms with E-state index in [9.17, 15) is 14.7 Å². The predicted octanol–water partition coefficient (Wildman–Crippen LogP) is 3.42. The molecule has 0 heterocycles. The Balaban J connectivity index is 1.76. The van der Waals surface area contributed by atoms with Crippen molar-refractivity contribution >= 4 is 17.5 Å². The number of phenols is 1. The molecule has 3 rings (SSSR count). The summed E-state index contributed by atoms with van der Waals surface area (Å²) in [5.74, 6) is -0.158. The molecule has 0 bridgehead atoms. The van der Waals surface area contributed by atoms with Crippen molar-refractivity contribution in [2.75, 3.05) is 26.0 Å². The molecule has 0 fully saturated rings. The van der Waals surface area contributed by atoms with E-state index in [4.69, 9.17) is 0 Å². The summed E-state index contributed by atoms with van der Waals surface area (Å²) in [4.78, 5) is 27.1. The van der Waals surface area contributed by atoms with Crippen molar-refractivity contribution in [3.05, 3.63) is 102 Å². The van der Waals surface area contributed by atoms with Crippen molar-refractivity contribution < 1.29 is 14.7 Å². The molecule has 2 amide bonds. The predicted molar refractivity (Wildman–Crippen MR) is 129 cm³/mol. The minimum atomic E-state index is -0.197. The fourth-order valence-electron chi connectivity index (χ4n) is 3.42. The second-order valence-electron chi connectivity index (χ2n) is 8.10. The van der Waals surface area contributed by atoms with Crippen molar-refractivity contribution in [2.24, 2.45) is 0 Å². The molecule has 7 nitrogen and oxygen atoms in total. The first-order chi connectivity index (χ1) is 15.8. The van der Waals surface area contributed by atoms with Gasteiger partial charge in [0.05, 0.1) is 6.54 Å². The number of carbonyl (C=O) groups excluding carboxylic acids is 2. The summed E-state index contributed by atoms with van der Waals surface area (Å²) in [6.07, 6.45) is 0. The van der Waals surface area contributed by atoms with Gasteiger partial charge in [0.1, 0.15) is 5.75 Å². The standard InChI is InChI=1S/C26H29N4O3/c1-19-6-4-9-23(14-19)27-25(32)18-30(16-20-10-12-24(31)13-11-20)17-21-7-5-8-22(15-21)26(33)28-29(2)3/h4-15,31H,1,16-18H2,2-3H3,(H,27,32)(H,28,33). The van der Waals surface area contributed by atoms with E-state index in [1.54, 1.807) is 37.3 Å². The lowest BCUT2D eigenvalue weighted by molar-refractivity contribution is -0.117. The van der Waals surface area contributed by atoms with Crippen LogP contribution in [0.5, 0.6) is 5.75 Å². The van der Waals surface area contributed by atoms with E-state index in [0.717, 1.165) is 16.7 Å². The zero-order valence-electron chi connectivity index (χ0n) is 18.9. The number of amides is 2. The molecular formula is C26H29N4O3. The van der Waals surface area contributed by atoms with Gasteiger partial charge in [-0.25, -0.2) is 5.01 Å². The van der Waals surface area contributed by atoms with Crippen LogP contribution in [0.2, 0.25) is 0 Å². The highest BCUT2D eigenvalue weighted by molar-refractivity contribution is 5.94. The minimum absolute atomic E-state index is 0.149. The van der Waals surface area contributed by atoms with Crippen LogP contribution in [-0.2, 0) is 17.9 Å². The fourth-order valence-corrected chi connectivity index (χ4v) is 3.42. The molecule has 0 unspecified atom stereocenters. The number of phenolic OH excluding ortho intramolecular Hbond substituents is 1. The highest BCUT2D eigenvalue weighted by Crippen LogP contribution is 2.16. The lowest BCUT2D eigenvalue weighted by Gasteiger charge is -2.22. The highest BCUT2D eigenvalue weighted by atomic mass is 16.3. The number of benzene rings is 3. The number of hydrazine groups is 1. The van der Waals surface area contributed by atoms with E-state index >= 15 is 0 Å². The van der Waals surface area contributed by atoms with Crippen LogP contribution in [0.25, 0.3) is 0 Å². The topological polar surface area (TPSA) is 84.9 Å². The Hall–Kier alpha value is -3.68. The third kappa shape index (κ3) is 7.75. The quantitative estimate of drug-likeness (QED) is 0.440. The molecule has 0 saturated carbocycles. The number of rotatable bonds is 9. The third-order valence-electron chi connectivity index (χ3n) is 4.84. The summed E-state index contributed by atoms with van der Waals surface area (Å²) >= 11 is 0.